The lowest BCUT2D eigenvalue weighted by Gasteiger charge is -2.36. The van der Waals surface area contributed by atoms with Crippen LogP contribution >= 0.6 is 11.6 Å². The number of hydrogen-bond donors (Lipinski definition) is 3. The molecule has 2 rings (SSSR count). The van der Waals surface area contributed by atoms with Crippen LogP contribution in [0.5, 0.6) is 5.88 Å². The van der Waals surface area contributed by atoms with Crippen LogP contribution in [0.15, 0.2) is 41.3 Å². The van der Waals surface area contributed by atoms with E-state index in [4.69, 9.17) is 26.5 Å². The Bertz CT molecular complexity index is 780. The summed E-state index contributed by atoms with van der Waals surface area (Å²) in [6, 6.07) is 3.76. The molecule has 0 aliphatic carbocycles. The van der Waals surface area contributed by atoms with Crippen molar-refractivity contribution in [3.63, 3.8) is 0 Å². The van der Waals surface area contributed by atoms with E-state index in [0.717, 1.165) is 17.5 Å². The van der Waals surface area contributed by atoms with E-state index >= 15 is 0 Å². The molecule has 0 radical (unpaired) electrons. The second-order valence-corrected chi connectivity index (χ2v) is 7.59. The van der Waals surface area contributed by atoms with Crippen LogP contribution in [0.3, 0.4) is 0 Å². The molecule has 0 saturated heterocycles. The maximum atomic E-state index is 12.3. The lowest BCUT2D eigenvalue weighted by Crippen LogP contribution is -2.61. The Morgan fingerprint density at radius 3 is 2.89 bits per heavy atom. The molecule has 2 heterocycles. The van der Waals surface area contributed by atoms with E-state index in [2.05, 4.69) is 22.2 Å². The third-order valence-electron chi connectivity index (χ3n) is 4.42. The van der Waals surface area contributed by atoms with Crippen molar-refractivity contribution in [2.45, 2.75) is 44.8 Å². The molecule has 1 aliphatic rings. The molecular formula is C20H27ClN4O3. The summed E-state index contributed by atoms with van der Waals surface area (Å²) in [5, 5.41) is 14.1. The van der Waals surface area contributed by atoms with Gasteiger partial charge in [-0.2, -0.15) is 0 Å². The van der Waals surface area contributed by atoms with Gasteiger partial charge in [0.05, 0.1) is 12.3 Å². The summed E-state index contributed by atoms with van der Waals surface area (Å²) >= 11 is 6.02. The van der Waals surface area contributed by atoms with E-state index < -0.39 is 5.54 Å². The summed E-state index contributed by atoms with van der Waals surface area (Å²) in [5.41, 5.74) is 1.34. The number of ether oxygens (including phenoxy) is 2. The Hall–Kier alpha value is -2.38. The maximum Gasteiger partial charge on any atom is 0.252 e. The lowest BCUT2D eigenvalue weighted by molar-refractivity contribution is -0.128. The van der Waals surface area contributed by atoms with Gasteiger partial charge in [-0.05, 0) is 38.3 Å². The monoisotopic (exact) mass is 406 g/mol. The van der Waals surface area contributed by atoms with Gasteiger partial charge in [-0.1, -0.05) is 18.2 Å². The lowest BCUT2D eigenvalue weighted by atomic mass is 9.96. The predicted molar refractivity (Wildman–Crippen MR) is 110 cm³/mol. The number of nitrogens with zero attached hydrogens (tertiary/aromatic N) is 1. The van der Waals surface area contributed by atoms with Gasteiger partial charge in [0, 0.05) is 42.7 Å². The molecule has 8 heteroatoms. The van der Waals surface area contributed by atoms with Crippen LogP contribution in [0.25, 0.3) is 0 Å². The highest BCUT2D eigenvalue weighted by atomic mass is 35.5. The van der Waals surface area contributed by atoms with E-state index in [1.807, 2.05) is 19.1 Å². The van der Waals surface area contributed by atoms with E-state index in [-0.39, 0.29) is 18.6 Å². The average Bonchev–Trinajstić information content (AvgIpc) is 2.62. The molecule has 2 unspecified atom stereocenters. The number of carbonyl (C=O) groups is 1. The van der Waals surface area contributed by atoms with Crippen molar-refractivity contribution < 1.29 is 14.3 Å². The van der Waals surface area contributed by atoms with Crippen molar-refractivity contribution in [3.05, 3.63) is 46.9 Å². The summed E-state index contributed by atoms with van der Waals surface area (Å²) in [6.07, 6.45) is 4.19. The van der Waals surface area contributed by atoms with Crippen LogP contribution in [0.1, 0.15) is 31.7 Å². The number of pyridine rings is 1. The minimum absolute atomic E-state index is 0.208. The molecule has 1 aromatic rings. The predicted octanol–water partition coefficient (Wildman–Crippen LogP) is 3.05. The zero-order valence-electron chi connectivity index (χ0n) is 16.5. The third-order valence-corrected chi connectivity index (χ3v) is 4.58. The summed E-state index contributed by atoms with van der Waals surface area (Å²) < 4.78 is 11.2. The Morgan fingerprint density at radius 1 is 1.54 bits per heavy atom. The molecule has 0 fully saturated rings. The first-order chi connectivity index (χ1) is 13.3. The molecule has 152 valence electrons. The SMILES string of the molecule is C=C(Cl)CC(CCC1=C(C=N)NC(=O)C(C)(COC)N1)Oc1cc(C)ccn1. The third kappa shape index (κ3) is 5.81. The first-order valence-electron chi connectivity index (χ1n) is 9.02. The van der Waals surface area contributed by atoms with Crippen molar-refractivity contribution in [3.8, 4) is 5.88 Å². The molecule has 0 saturated carbocycles. The number of allylic oxidation sites excluding steroid dienone is 2. The fourth-order valence-corrected chi connectivity index (χ4v) is 3.17. The molecule has 3 N–H and O–H groups in total. The zero-order chi connectivity index (χ0) is 20.7. The van der Waals surface area contributed by atoms with Crippen LogP contribution in [0.2, 0.25) is 0 Å². The Morgan fingerprint density at radius 2 is 2.29 bits per heavy atom. The van der Waals surface area contributed by atoms with Crippen LogP contribution in [-0.2, 0) is 9.53 Å². The highest BCUT2D eigenvalue weighted by molar-refractivity contribution is 6.29. The van der Waals surface area contributed by atoms with Gasteiger partial charge in [-0.3, -0.25) is 4.79 Å². The van der Waals surface area contributed by atoms with Gasteiger partial charge in [0.25, 0.3) is 5.91 Å². The van der Waals surface area contributed by atoms with Crippen molar-refractivity contribution in [1.82, 2.24) is 15.6 Å². The Kier molecular flexibility index (Phi) is 7.60. The van der Waals surface area contributed by atoms with Gasteiger partial charge in [-0.15, -0.1) is 0 Å². The zero-order valence-corrected chi connectivity index (χ0v) is 17.2. The number of aromatic nitrogens is 1. The first kappa shape index (κ1) is 21.9. The number of methoxy groups -OCH3 is 1. The number of amides is 1. The van der Waals surface area contributed by atoms with Gasteiger partial charge in [-0.25, -0.2) is 4.98 Å². The van der Waals surface area contributed by atoms with E-state index in [1.165, 1.54) is 0 Å². The molecule has 7 nitrogen and oxygen atoms in total. The highest BCUT2D eigenvalue weighted by Gasteiger charge is 2.38. The van der Waals surface area contributed by atoms with E-state index in [1.54, 1.807) is 20.2 Å². The fourth-order valence-electron chi connectivity index (χ4n) is 3.00. The van der Waals surface area contributed by atoms with E-state index in [9.17, 15) is 4.79 Å². The molecule has 1 amide bonds. The number of rotatable bonds is 10. The maximum absolute atomic E-state index is 12.3. The largest absolute Gasteiger partial charge is 0.474 e. The molecule has 1 aliphatic heterocycles. The second kappa shape index (κ2) is 9.71. The van der Waals surface area contributed by atoms with Gasteiger partial charge in [0.1, 0.15) is 11.6 Å². The van der Waals surface area contributed by atoms with Crippen LogP contribution in [0.4, 0.5) is 0 Å². The van der Waals surface area contributed by atoms with Crippen molar-refractivity contribution in [1.29, 1.82) is 5.41 Å². The number of nitrogens with one attached hydrogen (secondary N) is 3. The molecule has 0 spiro atoms. The van der Waals surface area contributed by atoms with Crippen LogP contribution < -0.4 is 15.4 Å². The summed E-state index contributed by atoms with van der Waals surface area (Å²) in [7, 11) is 1.54. The number of hydrogen-bond acceptors (Lipinski definition) is 6. The van der Waals surface area contributed by atoms with Gasteiger partial charge < -0.3 is 25.5 Å². The molecular weight excluding hydrogens is 380 g/mol. The fraction of sp³-hybridized carbons (Fsp3) is 0.450. The second-order valence-electron chi connectivity index (χ2n) is 7.05. The van der Waals surface area contributed by atoms with E-state index in [0.29, 0.717) is 35.9 Å². The highest BCUT2D eigenvalue weighted by Crippen LogP contribution is 2.23. The van der Waals surface area contributed by atoms with Crippen molar-refractivity contribution >= 4 is 23.7 Å². The minimum atomic E-state index is -0.902. The first-order valence-corrected chi connectivity index (χ1v) is 9.40. The Labute approximate surface area is 170 Å². The molecule has 0 aromatic carbocycles. The number of aryl methyl sites for hydroxylation is 1. The quantitative estimate of drug-likeness (QED) is 0.519. The Balaban J connectivity index is 2.14. The van der Waals surface area contributed by atoms with Crippen molar-refractivity contribution in [2.75, 3.05) is 13.7 Å². The summed E-state index contributed by atoms with van der Waals surface area (Å²) in [4.78, 5) is 16.6. The summed E-state index contributed by atoms with van der Waals surface area (Å²) in [5.74, 6) is 0.292. The van der Waals surface area contributed by atoms with Gasteiger partial charge in [0.2, 0.25) is 5.88 Å². The molecule has 0 bridgehead atoms. The average molecular weight is 407 g/mol. The van der Waals surface area contributed by atoms with Crippen LogP contribution in [0, 0.1) is 12.3 Å². The summed E-state index contributed by atoms with van der Waals surface area (Å²) in [6.45, 7) is 7.70. The minimum Gasteiger partial charge on any atom is -0.474 e. The smallest absolute Gasteiger partial charge is 0.252 e. The van der Waals surface area contributed by atoms with Gasteiger partial charge in [0.15, 0.2) is 0 Å². The molecule has 28 heavy (non-hydrogen) atoms. The topological polar surface area (TPSA) is 96.3 Å². The van der Waals surface area contributed by atoms with Crippen LogP contribution in [-0.4, -0.2) is 42.5 Å². The standard InChI is InChI=1S/C20H27ClN4O3/c1-13-7-8-23-18(9-13)28-15(10-14(2)21)5-6-16-17(11-22)24-19(26)20(3,25-16)12-27-4/h7-9,11,15,22,25H,2,5-6,10,12H2,1,3-4H3,(H,24,26). The molecule has 2 atom stereocenters. The number of carbonyl (C=O) groups excluding carboxylic acids is 1. The number of halogens is 1. The molecule has 1 aromatic heterocycles. The van der Waals surface area contributed by atoms with Crippen molar-refractivity contribution in [2.24, 2.45) is 0 Å². The van der Waals surface area contributed by atoms with Gasteiger partial charge >= 0.3 is 0 Å². The normalized spacial score (nSPS) is 20.2.